The highest BCUT2D eigenvalue weighted by molar-refractivity contribution is 8.06. The van der Waals surface area contributed by atoms with E-state index in [0.717, 1.165) is 38.0 Å². The first kappa shape index (κ1) is 15.6. The molecule has 1 unspecified atom stereocenters. The Balaban J connectivity index is 2.00. The number of thioether (sulfide) groups is 2. The van der Waals surface area contributed by atoms with Crippen LogP contribution in [0.1, 0.15) is 20.3 Å². The van der Waals surface area contributed by atoms with E-state index in [1.165, 1.54) is 17.3 Å². The topological polar surface area (TPSA) is 30.5 Å². The first-order valence-electron chi connectivity index (χ1n) is 6.50. The van der Waals surface area contributed by atoms with E-state index in [0.29, 0.717) is 0 Å². The summed E-state index contributed by atoms with van der Waals surface area (Å²) < 4.78 is 11.0. The van der Waals surface area contributed by atoms with Gasteiger partial charge in [-0.15, -0.1) is 0 Å². The summed E-state index contributed by atoms with van der Waals surface area (Å²) in [5, 5.41) is 4.29. The van der Waals surface area contributed by atoms with Gasteiger partial charge in [-0.25, -0.2) is 0 Å². The third kappa shape index (κ3) is 7.57. The lowest BCUT2D eigenvalue weighted by Crippen LogP contribution is -2.32. The van der Waals surface area contributed by atoms with Crippen molar-refractivity contribution in [3.05, 3.63) is 0 Å². The lowest BCUT2D eigenvalue weighted by Gasteiger charge is -2.22. The van der Waals surface area contributed by atoms with Crippen molar-refractivity contribution in [3.8, 4) is 0 Å². The minimum Gasteiger partial charge on any atom is -0.353 e. The van der Waals surface area contributed by atoms with Gasteiger partial charge < -0.3 is 14.8 Å². The monoisotopic (exact) mass is 279 g/mol. The Labute approximate surface area is 114 Å². The predicted molar refractivity (Wildman–Crippen MR) is 78.1 cm³/mol. The molecule has 1 aliphatic heterocycles. The summed E-state index contributed by atoms with van der Waals surface area (Å²) in [6.07, 6.45) is 0.900. The van der Waals surface area contributed by atoms with Crippen LogP contribution < -0.4 is 5.32 Å². The molecule has 0 spiro atoms. The zero-order valence-corrected chi connectivity index (χ0v) is 12.6. The third-order valence-corrected chi connectivity index (χ3v) is 5.36. The van der Waals surface area contributed by atoms with E-state index in [2.05, 4.69) is 28.8 Å². The Kier molecular flexibility index (Phi) is 9.66. The van der Waals surface area contributed by atoms with Gasteiger partial charge >= 0.3 is 0 Å². The Bertz CT molecular complexity index is 172. The number of hydrogen-bond donors (Lipinski definition) is 1. The highest BCUT2D eigenvalue weighted by Gasteiger charge is 2.14. The fourth-order valence-electron chi connectivity index (χ4n) is 1.72. The molecule has 0 aromatic carbocycles. The maximum absolute atomic E-state index is 5.50. The smallest absolute Gasteiger partial charge is 0.158 e. The molecule has 102 valence electrons. The molecular formula is C12H25NO2S2. The average molecular weight is 279 g/mol. The second-order valence-electron chi connectivity index (χ2n) is 3.90. The van der Waals surface area contributed by atoms with Crippen molar-refractivity contribution < 1.29 is 9.47 Å². The Morgan fingerprint density at radius 2 is 2.00 bits per heavy atom. The molecule has 3 nitrogen and oxygen atoms in total. The highest BCUT2D eigenvalue weighted by atomic mass is 32.2. The van der Waals surface area contributed by atoms with E-state index >= 15 is 0 Å². The molecule has 0 aromatic heterocycles. The summed E-state index contributed by atoms with van der Waals surface area (Å²) in [6, 6.07) is 0. The molecule has 0 radical (unpaired) electrons. The lowest BCUT2D eigenvalue weighted by molar-refractivity contribution is -0.138. The minimum atomic E-state index is -0.0362. The second-order valence-corrected chi connectivity index (χ2v) is 6.46. The molecule has 0 saturated carbocycles. The molecule has 0 amide bonds. The molecule has 1 heterocycles. The van der Waals surface area contributed by atoms with Gasteiger partial charge in [-0.05, 0) is 20.4 Å². The molecular weight excluding hydrogens is 254 g/mol. The average Bonchev–Trinajstić information content (AvgIpc) is 2.36. The summed E-state index contributed by atoms with van der Waals surface area (Å²) in [5.74, 6) is 3.91. The summed E-state index contributed by atoms with van der Waals surface area (Å²) in [5.41, 5.74) is 0. The van der Waals surface area contributed by atoms with Crippen LogP contribution in [0.5, 0.6) is 0 Å². The maximum atomic E-state index is 5.50. The zero-order valence-electron chi connectivity index (χ0n) is 10.9. The molecule has 0 aliphatic carbocycles. The van der Waals surface area contributed by atoms with Crippen molar-refractivity contribution in [2.45, 2.75) is 31.8 Å². The molecule has 1 saturated heterocycles. The van der Waals surface area contributed by atoms with Crippen LogP contribution in [0.25, 0.3) is 0 Å². The van der Waals surface area contributed by atoms with Crippen LogP contribution >= 0.6 is 23.5 Å². The van der Waals surface area contributed by atoms with E-state index in [1.807, 2.05) is 13.8 Å². The van der Waals surface area contributed by atoms with Crippen LogP contribution in [-0.2, 0) is 9.47 Å². The van der Waals surface area contributed by atoms with Crippen LogP contribution in [0, 0.1) is 0 Å². The molecule has 1 N–H and O–H groups in total. The number of rotatable bonds is 9. The molecule has 0 aromatic rings. The van der Waals surface area contributed by atoms with Gasteiger partial charge in [-0.3, -0.25) is 0 Å². The zero-order chi connectivity index (χ0) is 12.3. The van der Waals surface area contributed by atoms with Crippen LogP contribution in [0.2, 0.25) is 0 Å². The Morgan fingerprint density at radius 3 is 2.59 bits per heavy atom. The van der Waals surface area contributed by atoms with Crippen molar-refractivity contribution in [2.75, 3.05) is 43.6 Å². The molecule has 1 atom stereocenters. The van der Waals surface area contributed by atoms with Crippen molar-refractivity contribution >= 4 is 23.5 Å². The summed E-state index contributed by atoms with van der Waals surface area (Å²) in [6.45, 7) is 7.55. The van der Waals surface area contributed by atoms with Crippen LogP contribution in [0.3, 0.4) is 0 Å². The molecule has 17 heavy (non-hydrogen) atoms. The van der Waals surface area contributed by atoms with E-state index in [1.54, 1.807) is 0 Å². The van der Waals surface area contributed by atoms with Gasteiger partial charge in [-0.2, -0.15) is 23.5 Å². The van der Waals surface area contributed by atoms with E-state index < -0.39 is 0 Å². The predicted octanol–water partition coefficient (Wildman–Crippen LogP) is 2.21. The standard InChI is InChI=1S/C12H25NO2S2/c1-3-14-12(15-4-2)5-6-13-9-11-10-16-7-8-17-11/h11-13H,3-10H2,1-2H3. The summed E-state index contributed by atoms with van der Waals surface area (Å²) in [4.78, 5) is 0. The van der Waals surface area contributed by atoms with Crippen molar-refractivity contribution in [1.82, 2.24) is 5.32 Å². The second kappa shape index (κ2) is 10.5. The van der Waals surface area contributed by atoms with Gasteiger partial charge in [0, 0.05) is 48.7 Å². The van der Waals surface area contributed by atoms with Crippen LogP contribution in [-0.4, -0.2) is 55.1 Å². The quantitative estimate of drug-likeness (QED) is 0.516. The Hall–Kier alpha value is 0.580. The van der Waals surface area contributed by atoms with Gasteiger partial charge in [0.2, 0.25) is 0 Å². The van der Waals surface area contributed by atoms with Crippen molar-refractivity contribution in [1.29, 1.82) is 0 Å². The number of nitrogens with one attached hydrogen (secondary N) is 1. The van der Waals surface area contributed by atoms with E-state index in [-0.39, 0.29) is 6.29 Å². The van der Waals surface area contributed by atoms with Gasteiger partial charge in [0.05, 0.1) is 0 Å². The van der Waals surface area contributed by atoms with Gasteiger partial charge in [0.1, 0.15) is 0 Å². The van der Waals surface area contributed by atoms with Crippen molar-refractivity contribution in [3.63, 3.8) is 0 Å². The summed E-state index contributed by atoms with van der Waals surface area (Å²) in [7, 11) is 0. The molecule has 1 rings (SSSR count). The first-order valence-corrected chi connectivity index (χ1v) is 8.70. The first-order chi connectivity index (χ1) is 8.36. The fraction of sp³-hybridized carbons (Fsp3) is 1.00. The minimum absolute atomic E-state index is 0.0362. The van der Waals surface area contributed by atoms with Gasteiger partial charge in [0.15, 0.2) is 6.29 Å². The number of hydrogen-bond acceptors (Lipinski definition) is 5. The SMILES string of the molecule is CCOC(CCNCC1CSCCS1)OCC. The van der Waals surface area contributed by atoms with E-state index in [4.69, 9.17) is 9.47 Å². The molecule has 1 aliphatic rings. The summed E-state index contributed by atoms with van der Waals surface area (Å²) >= 11 is 4.17. The molecule has 1 fully saturated rings. The van der Waals surface area contributed by atoms with Gasteiger partial charge in [-0.1, -0.05) is 0 Å². The fourth-order valence-corrected chi connectivity index (χ4v) is 4.37. The third-order valence-electron chi connectivity index (χ3n) is 2.52. The lowest BCUT2D eigenvalue weighted by atomic mass is 10.4. The normalized spacial score (nSPS) is 21.0. The highest BCUT2D eigenvalue weighted by Crippen LogP contribution is 2.23. The van der Waals surface area contributed by atoms with E-state index in [9.17, 15) is 0 Å². The van der Waals surface area contributed by atoms with Crippen LogP contribution in [0.15, 0.2) is 0 Å². The van der Waals surface area contributed by atoms with Gasteiger partial charge in [0.25, 0.3) is 0 Å². The largest absolute Gasteiger partial charge is 0.353 e. The molecule has 5 heteroatoms. The Morgan fingerprint density at radius 1 is 1.24 bits per heavy atom. The van der Waals surface area contributed by atoms with Crippen molar-refractivity contribution in [2.24, 2.45) is 0 Å². The van der Waals surface area contributed by atoms with Crippen LogP contribution in [0.4, 0.5) is 0 Å². The molecule has 0 bridgehead atoms. The number of ether oxygens (including phenoxy) is 2. The maximum Gasteiger partial charge on any atom is 0.158 e.